The van der Waals surface area contributed by atoms with Crippen LogP contribution >= 0.6 is 0 Å². The van der Waals surface area contributed by atoms with Gasteiger partial charge >= 0.3 is 0 Å². The molecular weight excluding hydrogens is 126 g/mol. The van der Waals surface area contributed by atoms with Gasteiger partial charge in [-0.25, -0.2) is 4.98 Å². The van der Waals surface area contributed by atoms with Gasteiger partial charge in [0.25, 0.3) is 0 Å². The first-order valence-corrected chi connectivity index (χ1v) is 3.01. The Morgan fingerprint density at radius 2 is 2.40 bits per heavy atom. The highest BCUT2D eigenvalue weighted by Crippen LogP contribution is 1.92. The minimum Gasteiger partial charge on any atom is -0.263 e. The van der Waals surface area contributed by atoms with E-state index in [2.05, 4.69) is 21.8 Å². The molecule has 0 amide bonds. The summed E-state index contributed by atoms with van der Waals surface area (Å²) in [5.74, 6) is 1.51. The summed E-state index contributed by atoms with van der Waals surface area (Å²) in [6.07, 6.45) is 5.27. The fourth-order valence-electron chi connectivity index (χ4n) is 0.589. The lowest BCUT2D eigenvalue weighted by atomic mass is 10.5. The van der Waals surface area contributed by atoms with Crippen molar-refractivity contribution in [2.45, 2.75) is 6.92 Å². The maximum atomic E-state index is 4.05. The molecule has 0 bridgehead atoms. The van der Waals surface area contributed by atoms with Gasteiger partial charge in [0, 0.05) is 0 Å². The predicted octanol–water partition coefficient (Wildman–Crippen LogP) is 1.31. The second kappa shape index (κ2) is 2.96. The van der Waals surface area contributed by atoms with Crippen molar-refractivity contribution < 1.29 is 0 Å². The van der Waals surface area contributed by atoms with Crippen LogP contribution in [0, 0.1) is 6.92 Å². The molecule has 0 aliphatic heterocycles. The van der Waals surface area contributed by atoms with Crippen molar-refractivity contribution in [2.24, 2.45) is 0 Å². The Morgan fingerprint density at radius 1 is 1.60 bits per heavy atom. The molecule has 0 fully saturated rings. The van der Waals surface area contributed by atoms with Crippen LogP contribution in [-0.2, 0) is 0 Å². The van der Waals surface area contributed by atoms with Gasteiger partial charge in [-0.2, -0.15) is 5.10 Å². The second-order valence-corrected chi connectivity index (χ2v) is 1.87. The zero-order chi connectivity index (χ0) is 7.40. The Kier molecular flexibility index (Phi) is 1.99. The zero-order valence-electron chi connectivity index (χ0n) is 5.83. The Morgan fingerprint density at radius 3 is 2.90 bits per heavy atom. The summed E-state index contributed by atoms with van der Waals surface area (Å²) in [5, 5.41) is 6.61. The lowest BCUT2D eigenvalue weighted by molar-refractivity contribution is 1.03. The van der Waals surface area contributed by atoms with E-state index < -0.39 is 0 Å². The summed E-state index contributed by atoms with van der Waals surface area (Å²) >= 11 is 0. The van der Waals surface area contributed by atoms with Crippen LogP contribution in [0.5, 0.6) is 0 Å². The number of rotatable bonds is 2. The molecule has 0 saturated carbocycles. The number of nitrogens with zero attached hydrogens (tertiary/aromatic N) is 2. The van der Waals surface area contributed by atoms with Crippen LogP contribution in [0.15, 0.2) is 18.7 Å². The van der Waals surface area contributed by atoms with Crippen LogP contribution in [0.2, 0.25) is 0 Å². The average molecular weight is 135 g/mol. The van der Waals surface area contributed by atoms with Gasteiger partial charge < -0.3 is 0 Å². The van der Waals surface area contributed by atoms with Crippen LogP contribution in [0.3, 0.4) is 0 Å². The highest BCUT2D eigenvalue weighted by molar-refractivity contribution is 5.41. The molecule has 0 radical (unpaired) electrons. The molecule has 52 valence electrons. The average Bonchev–Trinajstić information content (AvgIpc) is 2.31. The first kappa shape index (κ1) is 6.74. The number of nitrogens with one attached hydrogen (secondary N) is 1. The smallest absolute Gasteiger partial charge is 0.173 e. The number of allylic oxidation sites excluding steroid dienone is 2. The van der Waals surface area contributed by atoms with E-state index in [0.29, 0.717) is 5.82 Å². The van der Waals surface area contributed by atoms with Gasteiger partial charge in [-0.15, -0.1) is 0 Å². The van der Waals surface area contributed by atoms with E-state index in [-0.39, 0.29) is 0 Å². The molecule has 0 aliphatic carbocycles. The van der Waals surface area contributed by atoms with E-state index in [1.54, 1.807) is 18.2 Å². The molecule has 3 heteroatoms. The third kappa shape index (κ3) is 1.55. The topological polar surface area (TPSA) is 41.6 Å². The zero-order valence-corrected chi connectivity index (χ0v) is 5.83. The van der Waals surface area contributed by atoms with Gasteiger partial charge in [-0.05, 0) is 13.0 Å². The highest BCUT2D eigenvalue weighted by Gasteiger charge is 1.90. The lowest BCUT2D eigenvalue weighted by Gasteiger charge is -1.74. The summed E-state index contributed by atoms with van der Waals surface area (Å²) in [5.41, 5.74) is 0. The van der Waals surface area contributed by atoms with E-state index in [4.69, 9.17) is 0 Å². The SMILES string of the molecule is C=C/C=C\c1n[nH]c(C)n1. The summed E-state index contributed by atoms with van der Waals surface area (Å²) in [4.78, 5) is 4.05. The lowest BCUT2D eigenvalue weighted by Crippen LogP contribution is -1.72. The third-order valence-electron chi connectivity index (χ3n) is 0.996. The molecule has 10 heavy (non-hydrogen) atoms. The van der Waals surface area contributed by atoms with Crippen molar-refractivity contribution in [1.82, 2.24) is 15.2 Å². The number of aromatic amines is 1. The van der Waals surface area contributed by atoms with E-state index in [0.717, 1.165) is 5.82 Å². The molecule has 0 spiro atoms. The van der Waals surface area contributed by atoms with Crippen molar-refractivity contribution in [3.63, 3.8) is 0 Å². The summed E-state index contributed by atoms with van der Waals surface area (Å²) in [6, 6.07) is 0. The summed E-state index contributed by atoms with van der Waals surface area (Å²) in [6.45, 7) is 5.39. The van der Waals surface area contributed by atoms with E-state index in [1.807, 2.05) is 6.92 Å². The fourth-order valence-corrected chi connectivity index (χ4v) is 0.589. The minimum absolute atomic E-state index is 0.692. The monoisotopic (exact) mass is 135 g/mol. The molecule has 1 rings (SSSR count). The van der Waals surface area contributed by atoms with Crippen molar-refractivity contribution in [1.29, 1.82) is 0 Å². The molecule has 0 atom stereocenters. The second-order valence-electron chi connectivity index (χ2n) is 1.87. The number of H-pyrrole nitrogens is 1. The highest BCUT2D eigenvalue weighted by atomic mass is 15.2. The van der Waals surface area contributed by atoms with Gasteiger partial charge in [-0.3, -0.25) is 5.10 Å². The van der Waals surface area contributed by atoms with Crippen LogP contribution in [0.25, 0.3) is 6.08 Å². The predicted molar refractivity (Wildman–Crippen MR) is 40.4 cm³/mol. The third-order valence-corrected chi connectivity index (χ3v) is 0.996. The normalized spacial score (nSPS) is 10.5. The molecule has 1 N–H and O–H groups in total. The Bertz CT molecular complexity index is 247. The molecule has 0 aromatic carbocycles. The summed E-state index contributed by atoms with van der Waals surface area (Å²) < 4.78 is 0. The molecule has 0 unspecified atom stereocenters. The van der Waals surface area contributed by atoms with Gasteiger partial charge in [0.05, 0.1) is 0 Å². The van der Waals surface area contributed by atoms with Crippen LogP contribution in [0.4, 0.5) is 0 Å². The van der Waals surface area contributed by atoms with Crippen LogP contribution in [-0.4, -0.2) is 15.2 Å². The first-order valence-electron chi connectivity index (χ1n) is 3.01. The van der Waals surface area contributed by atoms with E-state index in [1.165, 1.54) is 0 Å². The molecule has 3 nitrogen and oxygen atoms in total. The van der Waals surface area contributed by atoms with Crippen molar-refractivity contribution >= 4 is 6.08 Å². The number of aryl methyl sites for hydroxylation is 1. The maximum Gasteiger partial charge on any atom is 0.173 e. The molecule has 1 heterocycles. The van der Waals surface area contributed by atoms with Crippen molar-refractivity contribution in [2.75, 3.05) is 0 Å². The van der Waals surface area contributed by atoms with Gasteiger partial charge in [0.2, 0.25) is 0 Å². The first-order chi connectivity index (χ1) is 4.83. The van der Waals surface area contributed by atoms with E-state index >= 15 is 0 Å². The summed E-state index contributed by atoms with van der Waals surface area (Å²) in [7, 11) is 0. The number of hydrogen-bond acceptors (Lipinski definition) is 2. The Balaban J connectivity index is 2.75. The van der Waals surface area contributed by atoms with Gasteiger partial charge in [0.1, 0.15) is 5.82 Å². The largest absolute Gasteiger partial charge is 0.263 e. The van der Waals surface area contributed by atoms with Crippen molar-refractivity contribution in [3.8, 4) is 0 Å². The van der Waals surface area contributed by atoms with Crippen LogP contribution in [0.1, 0.15) is 11.6 Å². The molecular formula is C7H9N3. The number of aromatic nitrogens is 3. The minimum atomic E-state index is 0.692. The van der Waals surface area contributed by atoms with Gasteiger partial charge in [0.15, 0.2) is 5.82 Å². The Labute approximate surface area is 59.5 Å². The Hall–Kier alpha value is -1.38. The van der Waals surface area contributed by atoms with Crippen molar-refractivity contribution in [3.05, 3.63) is 30.4 Å². The van der Waals surface area contributed by atoms with Crippen LogP contribution < -0.4 is 0 Å². The maximum absolute atomic E-state index is 4.05. The van der Waals surface area contributed by atoms with Gasteiger partial charge in [-0.1, -0.05) is 18.7 Å². The fraction of sp³-hybridized carbons (Fsp3) is 0.143. The molecule has 1 aromatic rings. The quantitative estimate of drug-likeness (QED) is 0.621. The number of hydrogen-bond donors (Lipinski definition) is 1. The molecule has 0 aliphatic rings. The van der Waals surface area contributed by atoms with E-state index in [9.17, 15) is 0 Å². The molecule has 0 saturated heterocycles. The molecule has 1 aromatic heterocycles. The standard InChI is InChI=1S/C7H9N3/c1-3-4-5-7-8-6(2)9-10-7/h3-5H,1H2,2H3,(H,8,9,10)/b5-4-.